The lowest BCUT2D eigenvalue weighted by atomic mass is 10.4. The van der Waals surface area contributed by atoms with E-state index in [-0.39, 0.29) is 6.61 Å². The Bertz CT molecular complexity index is 193. The van der Waals surface area contributed by atoms with Crippen molar-refractivity contribution in [3.63, 3.8) is 0 Å². The van der Waals surface area contributed by atoms with Crippen LogP contribution in [0, 0.1) is 10.1 Å². The van der Waals surface area contributed by atoms with Crippen molar-refractivity contribution in [3.8, 4) is 0 Å². The normalized spacial score (nSPS) is 31.1. The van der Waals surface area contributed by atoms with E-state index < -0.39 is 17.3 Å². The van der Waals surface area contributed by atoms with Gasteiger partial charge in [-0.2, -0.15) is 0 Å². The minimum Gasteiger partial charge on any atom is -0.393 e. The fourth-order valence-electron chi connectivity index (χ4n) is 0.942. The molecular weight excluding hydrogens is 150 g/mol. The average Bonchev–Trinajstić information content (AvgIpc) is 2.30. The van der Waals surface area contributed by atoms with Crippen molar-refractivity contribution < 1.29 is 10.0 Å². The number of aliphatic hydroxyl groups is 1. The maximum atomic E-state index is 10.3. The van der Waals surface area contributed by atoms with E-state index in [2.05, 4.69) is 4.99 Å². The standard InChI is InChI=1S/C5H9N3O3/c1-7-4(3-9)6-2-5(7)8(10)11/h2,4-5,9H,3H2,1H3. The fourth-order valence-corrected chi connectivity index (χ4v) is 0.942. The van der Waals surface area contributed by atoms with Crippen molar-refractivity contribution in [2.45, 2.75) is 12.3 Å². The third-order valence-corrected chi connectivity index (χ3v) is 1.66. The second-order valence-electron chi connectivity index (χ2n) is 2.33. The molecule has 0 radical (unpaired) electrons. The average molecular weight is 159 g/mol. The molecule has 1 rings (SSSR count). The van der Waals surface area contributed by atoms with Crippen molar-refractivity contribution in [3.05, 3.63) is 10.1 Å². The van der Waals surface area contributed by atoms with Gasteiger partial charge in [0.25, 0.3) is 0 Å². The number of rotatable bonds is 2. The Hall–Kier alpha value is -1.01. The lowest BCUT2D eigenvalue weighted by Crippen LogP contribution is -2.40. The molecule has 62 valence electrons. The molecule has 0 amide bonds. The molecule has 0 fully saturated rings. The van der Waals surface area contributed by atoms with E-state index >= 15 is 0 Å². The zero-order chi connectivity index (χ0) is 8.43. The fraction of sp³-hybridized carbons (Fsp3) is 0.800. The Kier molecular flexibility index (Phi) is 2.16. The maximum Gasteiger partial charge on any atom is 0.305 e. The Morgan fingerprint density at radius 1 is 1.91 bits per heavy atom. The van der Waals surface area contributed by atoms with Crippen LogP contribution in [0.4, 0.5) is 0 Å². The van der Waals surface area contributed by atoms with E-state index in [4.69, 9.17) is 5.11 Å². The van der Waals surface area contributed by atoms with Gasteiger partial charge in [0.1, 0.15) is 6.17 Å². The van der Waals surface area contributed by atoms with Crippen LogP contribution in [0.3, 0.4) is 0 Å². The molecule has 6 heteroatoms. The van der Waals surface area contributed by atoms with Gasteiger partial charge in [-0.25, -0.2) is 4.90 Å². The van der Waals surface area contributed by atoms with Crippen LogP contribution in [-0.4, -0.2) is 47.1 Å². The lowest BCUT2D eigenvalue weighted by molar-refractivity contribution is -0.526. The van der Waals surface area contributed by atoms with E-state index in [9.17, 15) is 10.1 Å². The molecule has 0 saturated carbocycles. The van der Waals surface area contributed by atoms with Gasteiger partial charge in [-0.15, -0.1) is 0 Å². The zero-order valence-electron chi connectivity index (χ0n) is 6.04. The Morgan fingerprint density at radius 3 is 2.82 bits per heavy atom. The molecule has 1 aliphatic rings. The first-order chi connectivity index (χ1) is 5.16. The highest BCUT2D eigenvalue weighted by molar-refractivity contribution is 5.64. The highest BCUT2D eigenvalue weighted by atomic mass is 16.6. The second kappa shape index (κ2) is 2.93. The van der Waals surface area contributed by atoms with Gasteiger partial charge in [-0.1, -0.05) is 0 Å². The zero-order valence-corrected chi connectivity index (χ0v) is 6.04. The van der Waals surface area contributed by atoms with Gasteiger partial charge in [0.2, 0.25) is 0 Å². The topological polar surface area (TPSA) is 79.0 Å². The highest BCUT2D eigenvalue weighted by Gasteiger charge is 2.33. The molecule has 6 nitrogen and oxygen atoms in total. The summed E-state index contributed by atoms with van der Waals surface area (Å²) in [6, 6.07) is 0. The van der Waals surface area contributed by atoms with Crippen LogP contribution in [0.1, 0.15) is 0 Å². The molecule has 1 heterocycles. The number of nitrogens with zero attached hydrogens (tertiary/aromatic N) is 3. The van der Waals surface area contributed by atoms with Crippen molar-refractivity contribution in [1.82, 2.24) is 4.90 Å². The molecule has 0 saturated heterocycles. The summed E-state index contributed by atoms with van der Waals surface area (Å²) in [6.07, 6.45) is -0.0986. The molecule has 1 aliphatic heterocycles. The van der Waals surface area contributed by atoms with Crippen LogP contribution < -0.4 is 0 Å². The Morgan fingerprint density at radius 2 is 2.55 bits per heavy atom. The number of hydrogen-bond acceptors (Lipinski definition) is 5. The Balaban J connectivity index is 2.63. The van der Waals surface area contributed by atoms with Crippen LogP contribution in [0.25, 0.3) is 0 Å². The number of aliphatic hydroxyl groups excluding tert-OH is 1. The number of nitro groups is 1. The molecule has 2 atom stereocenters. The predicted octanol–water partition coefficient (Wildman–Crippen LogP) is -1.08. The minimum atomic E-state index is -0.882. The molecule has 0 aromatic heterocycles. The molecule has 0 aliphatic carbocycles. The van der Waals surface area contributed by atoms with E-state index in [0.717, 1.165) is 0 Å². The van der Waals surface area contributed by atoms with E-state index in [0.29, 0.717) is 0 Å². The number of likely N-dealkylation sites (N-methyl/N-ethyl adjacent to an activating group) is 1. The van der Waals surface area contributed by atoms with Crippen molar-refractivity contribution in [2.75, 3.05) is 13.7 Å². The molecule has 0 aromatic rings. The van der Waals surface area contributed by atoms with E-state index in [1.54, 1.807) is 7.05 Å². The maximum absolute atomic E-state index is 10.3. The van der Waals surface area contributed by atoms with Gasteiger partial charge in [-0.05, 0) is 7.05 Å². The van der Waals surface area contributed by atoms with Gasteiger partial charge < -0.3 is 5.11 Å². The van der Waals surface area contributed by atoms with Gasteiger partial charge in [-0.3, -0.25) is 15.1 Å². The summed E-state index contributed by atoms with van der Waals surface area (Å²) in [4.78, 5) is 15.0. The molecule has 0 aromatic carbocycles. The minimum absolute atomic E-state index is 0.183. The molecule has 0 bridgehead atoms. The third-order valence-electron chi connectivity index (χ3n) is 1.66. The van der Waals surface area contributed by atoms with E-state index in [1.165, 1.54) is 11.1 Å². The third kappa shape index (κ3) is 1.36. The van der Waals surface area contributed by atoms with Crippen LogP contribution in [0.15, 0.2) is 4.99 Å². The molecule has 0 spiro atoms. The Labute approximate surface area is 63.3 Å². The monoisotopic (exact) mass is 159 g/mol. The van der Waals surface area contributed by atoms with Crippen LogP contribution >= 0.6 is 0 Å². The highest BCUT2D eigenvalue weighted by Crippen LogP contribution is 2.09. The summed E-state index contributed by atoms with van der Waals surface area (Å²) < 4.78 is 0. The van der Waals surface area contributed by atoms with Crippen molar-refractivity contribution in [1.29, 1.82) is 0 Å². The summed E-state index contributed by atoms with van der Waals surface area (Å²) >= 11 is 0. The number of aliphatic imine (C=N–C) groups is 1. The first kappa shape index (κ1) is 8.09. The summed E-state index contributed by atoms with van der Waals surface area (Å²) in [6.45, 7) is -0.183. The predicted molar refractivity (Wildman–Crippen MR) is 37.9 cm³/mol. The molecule has 2 unspecified atom stereocenters. The van der Waals surface area contributed by atoms with Gasteiger partial charge in [0.05, 0.1) is 12.8 Å². The molecular formula is C5H9N3O3. The van der Waals surface area contributed by atoms with Crippen LogP contribution in [0.2, 0.25) is 0 Å². The smallest absolute Gasteiger partial charge is 0.305 e. The number of hydrogen-bond donors (Lipinski definition) is 1. The summed E-state index contributed by atoms with van der Waals surface area (Å²) in [5.41, 5.74) is 0. The first-order valence-electron chi connectivity index (χ1n) is 3.16. The second-order valence-corrected chi connectivity index (χ2v) is 2.33. The SMILES string of the molecule is CN1C(CO)N=CC1[N+](=O)[O-]. The van der Waals surface area contributed by atoms with Crippen LogP contribution in [-0.2, 0) is 0 Å². The van der Waals surface area contributed by atoms with Crippen molar-refractivity contribution >= 4 is 6.21 Å². The first-order valence-corrected chi connectivity index (χ1v) is 3.16. The van der Waals surface area contributed by atoms with Gasteiger partial charge in [0, 0.05) is 4.92 Å². The van der Waals surface area contributed by atoms with Gasteiger partial charge in [0.15, 0.2) is 0 Å². The summed E-state index contributed by atoms with van der Waals surface area (Å²) in [5, 5.41) is 18.9. The molecule has 11 heavy (non-hydrogen) atoms. The summed E-state index contributed by atoms with van der Waals surface area (Å²) in [7, 11) is 1.56. The quantitative estimate of drug-likeness (QED) is 0.410. The van der Waals surface area contributed by atoms with Crippen LogP contribution in [0.5, 0.6) is 0 Å². The lowest BCUT2D eigenvalue weighted by Gasteiger charge is -2.16. The molecule has 1 N–H and O–H groups in total. The van der Waals surface area contributed by atoms with Crippen molar-refractivity contribution in [2.24, 2.45) is 4.99 Å². The van der Waals surface area contributed by atoms with Gasteiger partial charge >= 0.3 is 6.17 Å². The summed E-state index contributed by atoms with van der Waals surface area (Å²) in [5.74, 6) is 0. The largest absolute Gasteiger partial charge is 0.393 e. The van der Waals surface area contributed by atoms with E-state index in [1.807, 2.05) is 0 Å².